The minimum Gasteiger partial charge on any atom is -0.435 e. The summed E-state index contributed by atoms with van der Waals surface area (Å²) in [5.41, 5.74) is 1.30. The van der Waals surface area contributed by atoms with Crippen LogP contribution >= 0.6 is 11.6 Å². The van der Waals surface area contributed by atoms with Crippen LogP contribution in [0.15, 0.2) is 65.5 Å². The molecule has 3 rings (SSSR count). The van der Waals surface area contributed by atoms with Gasteiger partial charge < -0.3 is 10.1 Å². The van der Waals surface area contributed by atoms with Crippen LogP contribution in [-0.2, 0) is 17.9 Å². The number of halogens is 3. The lowest BCUT2D eigenvalue weighted by Crippen LogP contribution is -2.33. The average molecular weight is 420 g/mol. The topological polar surface area (TPSA) is 73.2 Å². The van der Waals surface area contributed by atoms with Crippen LogP contribution in [0.3, 0.4) is 0 Å². The molecular weight excluding hydrogens is 404 g/mol. The molecule has 0 unspecified atom stereocenters. The molecule has 0 aliphatic carbocycles. The summed E-state index contributed by atoms with van der Waals surface area (Å²) in [6, 6.07) is 15.7. The highest BCUT2D eigenvalue weighted by Gasteiger charge is 2.10. The number of amides is 1. The van der Waals surface area contributed by atoms with E-state index >= 15 is 0 Å². The summed E-state index contributed by atoms with van der Waals surface area (Å²) < 4.78 is 29.8. The third-order valence-electron chi connectivity index (χ3n) is 3.97. The van der Waals surface area contributed by atoms with E-state index in [0.29, 0.717) is 16.3 Å². The number of carbonyl (C=O) groups excluding carboxylic acids is 1. The summed E-state index contributed by atoms with van der Waals surface area (Å²) in [5.74, 6) is -0.395. The Bertz CT molecular complexity index is 1060. The first-order valence-corrected chi connectivity index (χ1v) is 8.93. The van der Waals surface area contributed by atoms with Crippen molar-refractivity contribution in [2.75, 3.05) is 0 Å². The van der Waals surface area contributed by atoms with Crippen LogP contribution in [-0.4, -0.2) is 22.3 Å². The summed E-state index contributed by atoms with van der Waals surface area (Å²) in [7, 11) is 0. The van der Waals surface area contributed by atoms with Gasteiger partial charge in [-0.15, -0.1) is 0 Å². The van der Waals surface area contributed by atoms with Gasteiger partial charge in [-0.3, -0.25) is 9.59 Å². The predicted octanol–water partition coefficient (Wildman–Crippen LogP) is 3.48. The highest BCUT2D eigenvalue weighted by atomic mass is 35.5. The molecule has 6 nitrogen and oxygen atoms in total. The number of alkyl halides is 2. The van der Waals surface area contributed by atoms with Crippen LogP contribution < -0.4 is 15.6 Å². The van der Waals surface area contributed by atoms with Gasteiger partial charge in [0.1, 0.15) is 12.3 Å². The third kappa shape index (κ3) is 5.61. The van der Waals surface area contributed by atoms with Gasteiger partial charge in [0.05, 0.1) is 5.69 Å². The van der Waals surface area contributed by atoms with Crippen molar-refractivity contribution in [3.05, 3.63) is 81.6 Å². The molecule has 0 atom stereocenters. The Hall–Kier alpha value is -3.26. The standard InChI is InChI=1S/C20H16ClF2N3O3/c21-16-4-2-1-3-14(16)11-24-18(27)12-26-19(28)10-9-17(25-26)13-5-7-15(8-6-13)29-20(22)23/h1-10,20H,11-12H2,(H,24,27). The van der Waals surface area contributed by atoms with E-state index in [4.69, 9.17) is 11.6 Å². The van der Waals surface area contributed by atoms with Crippen molar-refractivity contribution in [3.8, 4) is 17.0 Å². The molecule has 0 radical (unpaired) electrons. The van der Waals surface area contributed by atoms with Crippen LogP contribution in [0.4, 0.5) is 8.78 Å². The van der Waals surface area contributed by atoms with Crippen LogP contribution in [0.1, 0.15) is 5.56 Å². The number of hydrogen-bond acceptors (Lipinski definition) is 4. The van der Waals surface area contributed by atoms with E-state index in [9.17, 15) is 18.4 Å². The second-order valence-electron chi connectivity index (χ2n) is 5.99. The smallest absolute Gasteiger partial charge is 0.387 e. The predicted molar refractivity (Wildman–Crippen MR) is 104 cm³/mol. The van der Waals surface area contributed by atoms with E-state index in [1.807, 2.05) is 0 Å². The van der Waals surface area contributed by atoms with Crippen molar-refractivity contribution >= 4 is 17.5 Å². The maximum Gasteiger partial charge on any atom is 0.387 e. The molecule has 1 N–H and O–H groups in total. The number of nitrogens with one attached hydrogen (secondary N) is 1. The molecule has 0 aliphatic heterocycles. The first-order valence-electron chi connectivity index (χ1n) is 8.56. The van der Waals surface area contributed by atoms with Crippen LogP contribution in [0.2, 0.25) is 5.02 Å². The molecule has 0 spiro atoms. The molecule has 0 saturated carbocycles. The van der Waals surface area contributed by atoms with E-state index in [1.54, 1.807) is 24.3 Å². The second-order valence-corrected chi connectivity index (χ2v) is 6.39. The summed E-state index contributed by atoms with van der Waals surface area (Å²) in [6.07, 6.45) is 0. The van der Waals surface area contributed by atoms with Gasteiger partial charge >= 0.3 is 6.61 Å². The summed E-state index contributed by atoms with van der Waals surface area (Å²) >= 11 is 6.05. The molecule has 0 fully saturated rings. The monoisotopic (exact) mass is 419 g/mol. The molecule has 0 saturated heterocycles. The quantitative estimate of drug-likeness (QED) is 0.636. The lowest BCUT2D eigenvalue weighted by atomic mass is 10.1. The zero-order chi connectivity index (χ0) is 20.8. The number of nitrogens with zero attached hydrogens (tertiary/aromatic N) is 2. The molecule has 3 aromatic rings. The van der Waals surface area contributed by atoms with E-state index in [1.165, 1.54) is 36.4 Å². The fourth-order valence-electron chi connectivity index (χ4n) is 2.55. The van der Waals surface area contributed by atoms with Gasteiger partial charge in [0.25, 0.3) is 5.56 Å². The number of hydrogen-bond donors (Lipinski definition) is 1. The zero-order valence-corrected chi connectivity index (χ0v) is 15.8. The second kappa shape index (κ2) is 9.29. The molecule has 1 aromatic heterocycles. The Morgan fingerprint density at radius 2 is 1.83 bits per heavy atom. The minimum absolute atomic E-state index is 0.0102. The number of rotatable bonds is 7. The molecule has 29 heavy (non-hydrogen) atoms. The first-order chi connectivity index (χ1) is 13.9. The summed E-state index contributed by atoms with van der Waals surface area (Å²) in [4.78, 5) is 24.2. The SMILES string of the molecule is O=C(Cn1nc(-c2ccc(OC(F)F)cc2)ccc1=O)NCc1ccccc1Cl. The molecule has 0 bridgehead atoms. The van der Waals surface area contributed by atoms with E-state index in [0.717, 1.165) is 10.2 Å². The van der Waals surface area contributed by atoms with Crippen LogP contribution in [0, 0.1) is 0 Å². The Kier molecular flexibility index (Phi) is 6.56. The highest BCUT2D eigenvalue weighted by molar-refractivity contribution is 6.31. The van der Waals surface area contributed by atoms with Gasteiger partial charge in [-0.1, -0.05) is 29.8 Å². The molecule has 9 heteroatoms. The largest absolute Gasteiger partial charge is 0.435 e. The van der Waals surface area contributed by atoms with Crippen molar-refractivity contribution in [1.29, 1.82) is 0 Å². The van der Waals surface area contributed by atoms with Gasteiger partial charge in [-0.25, -0.2) is 4.68 Å². The van der Waals surface area contributed by atoms with Crippen molar-refractivity contribution in [2.45, 2.75) is 19.7 Å². The normalized spacial score (nSPS) is 10.8. The van der Waals surface area contributed by atoms with Crippen molar-refractivity contribution in [1.82, 2.24) is 15.1 Å². The number of ether oxygens (including phenoxy) is 1. The molecule has 1 amide bonds. The molecular formula is C20H16ClF2N3O3. The first kappa shape index (κ1) is 20.5. The maximum atomic E-state index is 12.2. The fourth-order valence-corrected chi connectivity index (χ4v) is 2.75. The lowest BCUT2D eigenvalue weighted by molar-refractivity contribution is -0.122. The number of carbonyl (C=O) groups is 1. The Morgan fingerprint density at radius 3 is 2.52 bits per heavy atom. The van der Waals surface area contributed by atoms with Gasteiger partial charge in [-0.2, -0.15) is 13.9 Å². The van der Waals surface area contributed by atoms with Crippen LogP contribution in [0.5, 0.6) is 5.75 Å². The molecule has 2 aromatic carbocycles. The zero-order valence-electron chi connectivity index (χ0n) is 15.0. The van der Waals surface area contributed by atoms with Gasteiger partial charge in [-0.05, 0) is 42.0 Å². The number of aromatic nitrogens is 2. The molecule has 0 aliphatic rings. The Morgan fingerprint density at radius 1 is 1.10 bits per heavy atom. The average Bonchev–Trinajstić information content (AvgIpc) is 2.69. The van der Waals surface area contributed by atoms with Gasteiger partial charge in [0, 0.05) is 23.2 Å². The van der Waals surface area contributed by atoms with Crippen molar-refractivity contribution < 1.29 is 18.3 Å². The van der Waals surface area contributed by atoms with Crippen molar-refractivity contribution in [3.63, 3.8) is 0 Å². The van der Waals surface area contributed by atoms with Crippen LogP contribution in [0.25, 0.3) is 11.3 Å². The summed E-state index contributed by atoms with van der Waals surface area (Å²) in [6.45, 7) is -2.97. The Labute approximate surface area is 169 Å². The number of benzene rings is 2. The minimum atomic E-state index is -2.91. The fraction of sp³-hybridized carbons (Fsp3) is 0.150. The van der Waals surface area contributed by atoms with E-state index in [-0.39, 0.29) is 18.8 Å². The maximum absolute atomic E-state index is 12.2. The summed E-state index contributed by atoms with van der Waals surface area (Å²) in [5, 5.41) is 7.40. The van der Waals surface area contributed by atoms with E-state index < -0.39 is 18.1 Å². The molecule has 150 valence electrons. The lowest BCUT2D eigenvalue weighted by Gasteiger charge is -2.10. The van der Waals surface area contributed by atoms with Crippen molar-refractivity contribution in [2.24, 2.45) is 0 Å². The van der Waals surface area contributed by atoms with Gasteiger partial charge in [0.15, 0.2) is 0 Å². The molecule has 1 heterocycles. The third-order valence-corrected chi connectivity index (χ3v) is 4.34. The Balaban J connectivity index is 1.69. The highest BCUT2D eigenvalue weighted by Crippen LogP contribution is 2.21. The van der Waals surface area contributed by atoms with Gasteiger partial charge in [0.2, 0.25) is 5.91 Å². The van der Waals surface area contributed by atoms with E-state index in [2.05, 4.69) is 15.2 Å².